The third-order valence-electron chi connectivity index (χ3n) is 2.03. The fourth-order valence-corrected chi connectivity index (χ4v) is 2.00. The van der Waals surface area contributed by atoms with E-state index in [1.807, 2.05) is 0 Å². The summed E-state index contributed by atoms with van der Waals surface area (Å²) in [5.74, 6) is -5.08. The van der Waals surface area contributed by atoms with Gasteiger partial charge in [-0.05, 0) is 0 Å². The van der Waals surface area contributed by atoms with E-state index in [1.165, 1.54) is 0 Å². The lowest BCUT2D eigenvalue weighted by Gasteiger charge is -1.98. The molecule has 0 fully saturated rings. The van der Waals surface area contributed by atoms with Gasteiger partial charge in [0.15, 0.2) is 17.5 Å². The zero-order valence-corrected chi connectivity index (χ0v) is 8.21. The lowest BCUT2D eigenvalue weighted by molar-refractivity contribution is 0.453. The smallest absolute Gasteiger partial charge is 0.334 e. The zero-order chi connectivity index (χ0) is 12.1. The number of hydrogen-bond acceptors (Lipinski definition) is 2. The molecule has 1 aromatic heterocycles. The SMILES string of the molecule is O=S(=O)(F)c1c[nH]c2cc(F)c(F)c(F)c12. The quantitative estimate of drug-likeness (QED) is 0.481. The highest BCUT2D eigenvalue weighted by Gasteiger charge is 2.24. The van der Waals surface area contributed by atoms with Gasteiger partial charge in [0.25, 0.3) is 0 Å². The molecule has 0 atom stereocenters. The second-order valence-corrected chi connectivity index (χ2v) is 4.32. The molecule has 1 heterocycles. The Morgan fingerprint density at radius 2 is 1.75 bits per heavy atom. The van der Waals surface area contributed by atoms with Crippen LogP contribution in [0, 0.1) is 17.5 Å². The Labute approximate surface area is 86.9 Å². The third-order valence-corrected chi connectivity index (χ3v) is 2.88. The molecule has 0 radical (unpaired) electrons. The lowest BCUT2D eigenvalue weighted by atomic mass is 10.2. The summed E-state index contributed by atoms with van der Waals surface area (Å²) in [6, 6.07) is 0.544. The number of aromatic amines is 1. The topological polar surface area (TPSA) is 49.9 Å². The van der Waals surface area contributed by atoms with Crippen molar-refractivity contribution in [2.24, 2.45) is 0 Å². The first-order valence-electron chi connectivity index (χ1n) is 3.91. The summed E-state index contributed by atoms with van der Waals surface area (Å²) in [5.41, 5.74) is -0.340. The van der Waals surface area contributed by atoms with Gasteiger partial charge < -0.3 is 4.98 Å². The van der Waals surface area contributed by atoms with E-state index in [9.17, 15) is 25.5 Å². The number of hydrogen-bond donors (Lipinski definition) is 1. The highest BCUT2D eigenvalue weighted by Crippen LogP contribution is 2.29. The molecule has 8 heteroatoms. The van der Waals surface area contributed by atoms with Gasteiger partial charge >= 0.3 is 10.2 Å². The standard InChI is InChI=1S/C8H3F4NO2S/c9-3-1-4-6(8(11)7(3)10)5(2-13-4)16(12,14)15/h1-2,13H. The molecule has 0 aliphatic carbocycles. The number of halogens is 4. The van der Waals surface area contributed by atoms with E-state index < -0.39 is 38.0 Å². The van der Waals surface area contributed by atoms with E-state index >= 15 is 0 Å². The summed E-state index contributed by atoms with van der Waals surface area (Å²) < 4.78 is 72.6. The monoisotopic (exact) mass is 253 g/mol. The number of fused-ring (bicyclic) bond motifs is 1. The van der Waals surface area contributed by atoms with Gasteiger partial charge in [0.05, 0.1) is 10.9 Å². The fraction of sp³-hybridized carbons (Fsp3) is 0. The molecule has 0 unspecified atom stereocenters. The molecule has 2 rings (SSSR count). The van der Waals surface area contributed by atoms with Crippen LogP contribution in [0.5, 0.6) is 0 Å². The predicted octanol–water partition coefficient (Wildman–Crippen LogP) is 2.24. The van der Waals surface area contributed by atoms with Gasteiger partial charge in [-0.1, -0.05) is 0 Å². The molecular formula is C8H3F4NO2S. The first-order valence-corrected chi connectivity index (χ1v) is 5.30. The highest BCUT2D eigenvalue weighted by atomic mass is 32.3. The molecular weight excluding hydrogens is 250 g/mol. The molecule has 2 aromatic rings. The van der Waals surface area contributed by atoms with Gasteiger partial charge in [0.2, 0.25) is 0 Å². The number of nitrogens with one attached hydrogen (secondary N) is 1. The third kappa shape index (κ3) is 1.45. The molecule has 0 amide bonds. The van der Waals surface area contributed by atoms with Crippen molar-refractivity contribution in [3.8, 4) is 0 Å². The Morgan fingerprint density at radius 3 is 2.31 bits per heavy atom. The van der Waals surface area contributed by atoms with Gasteiger partial charge in [-0.15, -0.1) is 3.89 Å². The van der Waals surface area contributed by atoms with Crippen LogP contribution in [0.2, 0.25) is 0 Å². The largest absolute Gasteiger partial charge is 0.360 e. The minimum Gasteiger partial charge on any atom is -0.360 e. The van der Waals surface area contributed by atoms with Crippen LogP contribution >= 0.6 is 0 Å². The van der Waals surface area contributed by atoms with Crippen molar-refractivity contribution in [2.75, 3.05) is 0 Å². The van der Waals surface area contributed by atoms with Crippen molar-refractivity contribution in [3.05, 3.63) is 29.7 Å². The first kappa shape index (κ1) is 10.9. The summed E-state index contributed by atoms with van der Waals surface area (Å²) in [6.07, 6.45) is 0.627. The molecule has 0 saturated carbocycles. The molecule has 0 bridgehead atoms. The molecule has 1 N–H and O–H groups in total. The minimum atomic E-state index is -5.20. The van der Waals surface area contributed by atoms with Crippen molar-refractivity contribution < 1.29 is 25.5 Å². The van der Waals surface area contributed by atoms with Gasteiger partial charge in [0, 0.05) is 12.3 Å². The second kappa shape index (κ2) is 3.21. The first-order chi connectivity index (χ1) is 7.32. The van der Waals surface area contributed by atoms with Gasteiger partial charge in [0.1, 0.15) is 4.90 Å². The molecule has 1 aromatic carbocycles. The molecule has 0 aliphatic heterocycles. The Balaban J connectivity index is 2.98. The average Bonchev–Trinajstić information content (AvgIpc) is 2.57. The maximum atomic E-state index is 13.2. The summed E-state index contributed by atoms with van der Waals surface area (Å²) in [4.78, 5) is 1.08. The van der Waals surface area contributed by atoms with Gasteiger partial charge in [-0.3, -0.25) is 0 Å². The van der Waals surface area contributed by atoms with Crippen molar-refractivity contribution >= 4 is 21.1 Å². The number of rotatable bonds is 1. The lowest BCUT2D eigenvalue weighted by Crippen LogP contribution is -1.95. The van der Waals surface area contributed by atoms with Crippen molar-refractivity contribution in [1.82, 2.24) is 4.98 Å². The van der Waals surface area contributed by atoms with Crippen LogP contribution in [0.15, 0.2) is 17.2 Å². The maximum absolute atomic E-state index is 13.2. The Hall–Kier alpha value is -1.57. The summed E-state index contributed by atoms with van der Waals surface area (Å²) >= 11 is 0. The van der Waals surface area contributed by atoms with E-state index in [4.69, 9.17) is 0 Å². The molecule has 3 nitrogen and oxygen atoms in total. The van der Waals surface area contributed by atoms with Crippen molar-refractivity contribution in [3.63, 3.8) is 0 Å². The minimum absolute atomic E-state index is 0.340. The van der Waals surface area contributed by atoms with E-state index in [-0.39, 0.29) is 5.52 Å². The number of benzene rings is 1. The second-order valence-electron chi connectivity index (χ2n) is 3.00. The van der Waals surface area contributed by atoms with Crippen LogP contribution in [-0.4, -0.2) is 13.4 Å². The van der Waals surface area contributed by atoms with E-state index in [1.54, 1.807) is 0 Å². The Morgan fingerprint density at radius 1 is 1.12 bits per heavy atom. The molecule has 0 spiro atoms. The van der Waals surface area contributed by atoms with Crippen molar-refractivity contribution in [1.29, 1.82) is 0 Å². The zero-order valence-electron chi connectivity index (χ0n) is 7.39. The van der Waals surface area contributed by atoms with Gasteiger partial charge in [-0.2, -0.15) is 8.42 Å². The summed E-state index contributed by atoms with van der Waals surface area (Å²) in [7, 11) is -5.20. The fourth-order valence-electron chi connectivity index (χ4n) is 1.36. The summed E-state index contributed by atoms with van der Waals surface area (Å²) in [6.45, 7) is 0. The highest BCUT2D eigenvalue weighted by molar-refractivity contribution is 7.86. The summed E-state index contributed by atoms with van der Waals surface area (Å²) in [5, 5.41) is -0.832. The van der Waals surface area contributed by atoms with Crippen LogP contribution in [0.25, 0.3) is 10.9 Å². The van der Waals surface area contributed by atoms with Crippen LogP contribution in [-0.2, 0) is 10.2 Å². The van der Waals surface area contributed by atoms with Crippen LogP contribution < -0.4 is 0 Å². The normalized spacial score (nSPS) is 12.2. The number of H-pyrrole nitrogens is 1. The molecule has 16 heavy (non-hydrogen) atoms. The Kier molecular flexibility index (Phi) is 2.19. The van der Waals surface area contributed by atoms with Crippen LogP contribution in [0.1, 0.15) is 0 Å². The molecule has 0 saturated heterocycles. The molecule has 0 aliphatic rings. The van der Waals surface area contributed by atoms with Gasteiger partial charge in [-0.25, -0.2) is 13.2 Å². The number of aromatic nitrogens is 1. The van der Waals surface area contributed by atoms with Crippen molar-refractivity contribution in [2.45, 2.75) is 4.90 Å². The van der Waals surface area contributed by atoms with E-state index in [2.05, 4.69) is 4.98 Å². The Bertz CT molecular complexity index is 677. The van der Waals surface area contributed by atoms with Crippen LogP contribution in [0.3, 0.4) is 0 Å². The van der Waals surface area contributed by atoms with E-state index in [0.29, 0.717) is 12.3 Å². The maximum Gasteiger partial charge on any atom is 0.334 e. The van der Waals surface area contributed by atoms with Crippen LogP contribution in [0.4, 0.5) is 17.1 Å². The van der Waals surface area contributed by atoms with E-state index in [0.717, 1.165) is 0 Å². The average molecular weight is 253 g/mol. The predicted molar refractivity (Wildman–Crippen MR) is 46.5 cm³/mol. The molecule has 86 valence electrons.